The Hall–Kier alpha value is -0.130. The van der Waals surface area contributed by atoms with Gasteiger partial charge in [-0.15, -0.1) is 0 Å². The number of unbranched alkanes of at least 4 members (excludes halogenated alkanes) is 1. The topological polar surface area (TPSA) is 52.6 Å². The SMILES string of the molecule is CCCCOS(=O)(=O)OCCC. The fourth-order valence-corrected chi connectivity index (χ4v) is 1.29. The zero-order valence-electron chi connectivity index (χ0n) is 7.58. The maximum absolute atomic E-state index is 10.8. The molecule has 0 saturated carbocycles. The van der Waals surface area contributed by atoms with Gasteiger partial charge in [0.1, 0.15) is 0 Å². The van der Waals surface area contributed by atoms with Crippen molar-refractivity contribution in [2.24, 2.45) is 0 Å². The molecule has 0 rings (SSSR count). The van der Waals surface area contributed by atoms with Gasteiger partial charge in [-0.3, -0.25) is 0 Å². The van der Waals surface area contributed by atoms with E-state index in [1.165, 1.54) is 0 Å². The van der Waals surface area contributed by atoms with Gasteiger partial charge >= 0.3 is 10.4 Å². The van der Waals surface area contributed by atoms with E-state index in [1.807, 2.05) is 13.8 Å². The maximum Gasteiger partial charge on any atom is 0.399 e. The lowest BCUT2D eigenvalue weighted by Crippen LogP contribution is -2.11. The van der Waals surface area contributed by atoms with Crippen molar-refractivity contribution in [2.45, 2.75) is 33.1 Å². The molecule has 0 N–H and O–H groups in total. The highest BCUT2D eigenvalue weighted by atomic mass is 32.3. The zero-order valence-corrected chi connectivity index (χ0v) is 8.39. The van der Waals surface area contributed by atoms with Crippen LogP contribution in [-0.4, -0.2) is 21.6 Å². The predicted molar refractivity (Wildman–Crippen MR) is 46.0 cm³/mol. The summed E-state index contributed by atoms with van der Waals surface area (Å²) in [5, 5.41) is 0. The second-order valence-electron chi connectivity index (χ2n) is 2.41. The lowest BCUT2D eigenvalue weighted by Gasteiger charge is -2.03. The summed E-state index contributed by atoms with van der Waals surface area (Å²) in [6, 6.07) is 0. The standard InChI is InChI=1S/C7H16O4S/c1-3-5-7-11-12(8,9)10-6-4-2/h3-7H2,1-2H3. The highest BCUT2D eigenvalue weighted by Crippen LogP contribution is 1.99. The molecule has 0 atom stereocenters. The van der Waals surface area contributed by atoms with Crippen molar-refractivity contribution in [2.75, 3.05) is 13.2 Å². The number of hydrogen-bond donors (Lipinski definition) is 0. The molecule has 0 aromatic rings. The molecule has 0 unspecified atom stereocenters. The van der Waals surface area contributed by atoms with Crippen LogP contribution in [0.15, 0.2) is 0 Å². The van der Waals surface area contributed by atoms with Crippen LogP contribution >= 0.6 is 0 Å². The second-order valence-corrected chi connectivity index (χ2v) is 3.69. The van der Waals surface area contributed by atoms with E-state index < -0.39 is 10.4 Å². The predicted octanol–water partition coefficient (Wildman–Crippen LogP) is 1.47. The first-order valence-corrected chi connectivity index (χ1v) is 5.49. The van der Waals surface area contributed by atoms with E-state index in [0.29, 0.717) is 6.42 Å². The second kappa shape index (κ2) is 6.39. The van der Waals surface area contributed by atoms with Gasteiger partial charge in [0.25, 0.3) is 0 Å². The van der Waals surface area contributed by atoms with Crippen molar-refractivity contribution in [3.05, 3.63) is 0 Å². The van der Waals surface area contributed by atoms with Gasteiger partial charge in [0.15, 0.2) is 0 Å². The van der Waals surface area contributed by atoms with Crippen molar-refractivity contribution in [1.82, 2.24) is 0 Å². The molecule has 0 radical (unpaired) electrons. The third kappa shape index (κ3) is 6.57. The summed E-state index contributed by atoms with van der Waals surface area (Å²) in [6.07, 6.45) is 2.30. The fourth-order valence-electron chi connectivity index (χ4n) is 0.525. The molecule has 0 fully saturated rings. The summed E-state index contributed by atoms with van der Waals surface area (Å²) in [4.78, 5) is 0. The quantitative estimate of drug-likeness (QED) is 0.579. The van der Waals surface area contributed by atoms with Crippen LogP contribution in [-0.2, 0) is 18.8 Å². The molecule has 0 aliphatic rings. The summed E-state index contributed by atoms with van der Waals surface area (Å²) < 4.78 is 30.6. The number of hydrogen-bond acceptors (Lipinski definition) is 4. The van der Waals surface area contributed by atoms with Crippen molar-refractivity contribution in [3.8, 4) is 0 Å². The average molecular weight is 196 g/mol. The molecule has 0 saturated heterocycles. The van der Waals surface area contributed by atoms with Gasteiger partial charge < -0.3 is 0 Å². The smallest absolute Gasteiger partial charge is 0.248 e. The van der Waals surface area contributed by atoms with E-state index in [4.69, 9.17) is 0 Å². The Morgan fingerprint density at radius 2 is 1.58 bits per heavy atom. The number of rotatable bonds is 7. The summed E-state index contributed by atoms with van der Waals surface area (Å²) in [5.74, 6) is 0. The van der Waals surface area contributed by atoms with Gasteiger partial charge in [-0.1, -0.05) is 20.3 Å². The fraction of sp³-hybridized carbons (Fsp3) is 1.00. The van der Waals surface area contributed by atoms with Gasteiger partial charge in [-0.25, -0.2) is 8.37 Å². The lowest BCUT2D eigenvalue weighted by atomic mass is 10.4. The molecule has 0 bridgehead atoms. The van der Waals surface area contributed by atoms with E-state index in [0.717, 1.165) is 12.8 Å². The molecule has 0 aliphatic carbocycles. The Balaban J connectivity index is 3.58. The molecule has 0 aromatic carbocycles. The van der Waals surface area contributed by atoms with E-state index in [9.17, 15) is 8.42 Å². The monoisotopic (exact) mass is 196 g/mol. The Morgan fingerprint density at radius 1 is 1.00 bits per heavy atom. The molecule has 5 heteroatoms. The van der Waals surface area contributed by atoms with Crippen LogP contribution < -0.4 is 0 Å². The van der Waals surface area contributed by atoms with Gasteiger partial charge in [0.2, 0.25) is 0 Å². The van der Waals surface area contributed by atoms with Crippen LogP contribution in [0.2, 0.25) is 0 Å². The van der Waals surface area contributed by atoms with Gasteiger partial charge in [-0.05, 0) is 12.8 Å². The molecule has 0 spiro atoms. The Bertz CT molecular complexity index is 186. The van der Waals surface area contributed by atoms with E-state index in [1.54, 1.807) is 0 Å². The third-order valence-corrected chi connectivity index (χ3v) is 2.07. The summed E-state index contributed by atoms with van der Waals surface area (Å²) >= 11 is 0. The average Bonchev–Trinajstić information content (AvgIpc) is 2.01. The van der Waals surface area contributed by atoms with Crippen LogP contribution in [0.1, 0.15) is 33.1 Å². The minimum Gasteiger partial charge on any atom is -0.248 e. The Morgan fingerprint density at radius 3 is 2.08 bits per heavy atom. The summed E-state index contributed by atoms with van der Waals surface area (Å²) in [7, 11) is -3.72. The summed E-state index contributed by atoms with van der Waals surface area (Å²) in [5.41, 5.74) is 0. The first-order valence-electron chi connectivity index (χ1n) is 4.16. The lowest BCUT2D eigenvalue weighted by molar-refractivity contribution is 0.212. The molecular weight excluding hydrogens is 180 g/mol. The minimum atomic E-state index is -3.72. The van der Waals surface area contributed by atoms with Crippen molar-refractivity contribution in [3.63, 3.8) is 0 Å². The Labute approximate surface area is 74.2 Å². The van der Waals surface area contributed by atoms with Gasteiger partial charge in [0, 0.05) is 0 Å². The van der Waals surface area contributed by atoms with Gasteiger partial charge in [-0.2, -0.15) is 8.42 Å². The highest BCUT2D eigenvalue weighted by Gasteiger charge is 2.09. The minimum absolute atomic E-state index is 0.189. The van der Waals surface area contributed by atoms with E-state index >= 15 is 0 Å². The molecule has 0 aromatic heterocycles. The Kier molecular flexibility index (Phi) is 6.32. The molecule has 0 heterocycles. The largest absolute Gasteiger partial charge is 0.399 e. The van der Waals surface area contributed by atoms with Crippen LogP contribution in [0.25, 0.3) is 0 Å². The normalized spacial score (nSPS) is 11.8. The third-order valence-electron chi connectivity index (χ3n) is 1.16. The van der Waals surface area contributed by atoms with E-state index in [-0.39, 0.29) is 13.2 Å². The molecule has 12 heavy (non-hydrogen) atoms. The highest BCUT2D eigenvalue weighted by molar-refractivity contribution is 7.81. The first kappa shape index (κ1) is 11.9. The van der Waals surface area contributed by atoms with Crippen LogP contribution in [0.3, 0.4) is 0 Å². The van der Waals surface area contributed by atoms with Gasteiger partial charge in [0.05, 0.1) is 13.2 Å². The molecule has 0 amide bonds. The first-order chi connectivity index (χ1) is 5.62. The molecule has 0 aliphatic heterocycles. The molecule has 74 valence electrons. The molecule has 4 nitrogen and oxygen atoms in total. The van der Waals surface area contributed by atoms with Crippen molar-refractivity contribution in [1.29, 1.82) is 0 Å². The summed E-state index contributed by atoms with van der Waals surface area (Å²) in [6.45, 7) is 4.20. The maximum atomic E-state index is 10.8. The zero-order chi connectivity index (χ0) is 9.45. The molecular formula is C7H16O4S. The van der Waals surface area contributed by atoms with Crippen molar-refractivity contribution < 1.29 is 16.8 Å². The van der Waals surface area contributed by atoms with Crippen molar-refractivity contribution >= 4 is 10.4 Å². The van der Waals surface area contributed by atoms with Crippen LogP contribution in [0.5, 0.6) is 0 Å². The van der Waals surface area contributed by atoms with Crippen LogP contribution in [0, 0.1) is 0 Å². The van der Waals surface area contributed by atoms with Crippen LogP contribution in [0.4, 0.5) is 0 Å². The van der Waals surface area contributed by atoms with E-state index in [2.05, 4.69) is 8.37 Å².